The minimum Gasteiger partial charge on any atom is -0.497 e. The maximum absolute atomic E-state index is 13.5. The van der Waals surface area contributed by atoms with Gasteiger partial charge in [-0.25, -0.2) is 0 Å². The van der Waals surface area contributed by atoms with Crippen LogP contribution in [0.15, 0.2) is 45.6 Å². The minimum atomic E-state index is -0.545. The van der Waals surface area contributed by atoms with Gasteiger partial charge < -0.3 is 18.8 Å². The lowest BCUT2D eigenvalue weighted by molar-refractivity contribution is 0.0708. The molecule has 0 fully saturated rings. The number of fused-ring (bicyclic) bond motifs is 2. The van der Waals surface area contributed by atoms with Crippen molar-refractivity contribution in [3.05, 3.63) is 74.1 Å². The van der Waals surface area contributed by atoms with Crippen molar-refractivity contribution in [2.45, 2.75) is 19.4 Å². The largest absolute Gasteiger partial charge is 0.497 e. The third kappa shape index (κ3) is 3.36. The first-order valence-corrected chi connectivity index (χ1v) is 10.0. The van der Waals surface area contributed by atoms with E-state index in [0.717, 1.165) is 11.1 Å². The molecule has 3 aromatic rings. The molecule has 6 nitrogen and oxygen atoms in total. The van der Waals surface area contributed by atoms with Gasteiger partial charge in [0.2, 0.25) is 5.76 Å². The van der Waals surface area contributed by atoms with E-state index in [2.05, 4.69) is 0 Å². The van der Waals surface area contributed by atoms with Crippen molar-refractivity contribution >= 4 is 28.5 Å². The molecule has 1 atom stereocenters. The van der Waals surface area contributed by atoms with Crippen molar-refractivity contribution in [2.75, 3.05) is 27.4 Å². The Labute approximate surface area is 179 Å². The third-order valence-corrected chi connectivity index (χ3v) is 5.83. The van der Waals surface area contributed by atoms with Gasteiger partial charge in [-0.05, 0) is 48.7 Å². The van der Waals surface area contributed by atoms with E-state index in [0.29, 0.717) is 46.9 Å². The van der Waals surface area contributed by atoms with Crippen LogP contribution >= 0.6 is 11.6 Å². The first-order chi connectivity index (χ1) is 14.5. The molecule has 1 unspecified atom stereocenters. The zero-order valence-electron chi connectivity index (χ0n) is 17.0. The molecule has 1 aromatic heterocycles. The summed E-state index contributed by atoms with van der Waals surface area (Å²) in [5, 5.41) is 0.853. The van der Waals surface area contributed by atoms with Crippen molar-refractivity contribution in [3.63, 3.8) is 0 Å². The number of nitrogens with zero attached hydrogens (tertiary/aromatic N) is 1. The van der Waals surface area contributed by atoms with Crippen LogP contribution in [0.4, 0.5) is 0 Å². The van der Waals surface area contributed by atoms with Crippen LogP contribution in [0.1, 0.15) is 39.7 Å². The number of halogens is 1. The Morgan fingerprint density at radius 3 is 2.53 bits per heavy atom. The molecule has 0 bridgehead atoms. The second kappa shape index (κ2) is 8.13. The molecule has 1 aliphatic rings. The average molecular weight is 428 g/mol. The van der Waals surface area contributed by atoms with Gasteiger partial charge in [-0.15, -0.1) is 0 Å². The van der Waals surface area contributed by atoms with Crippen LogP contribution in [0, 0.1) is 6.92 Å². The number of carbonyl (C=O) groups is 1. The highest BCUT2D eigenvalue weighted by Crippen LogP contribution is 2.39. The van der Waals surface area contributed by atoms with E-state index in [9.17, 15) is 9.59 Å². The number of carbonyl (C=O) groups excluding carboxylic acids is 1. The summed E-state index contributed by atoms with van der Waals surface area (Å²) < 4.78 is 16.3. The lowest BCUT2D eigenvalue weighted by Crippen LogP contribution is -2.31. The van der Waals surface area contributed by atoms with E-state index in [1.807, 2.05) is 31.2 Å². The summed E-state index contributed by atoms with van der Waals surface area (Å²) in [5.74, 6) is 0.489. The van der Waals surface area contributed by atoms with E-state index in [-0.39, 0.29) is 17.1 Å². The van der Waals surface area contributed by atoms with Crippen LogP contribution in [-0.4, -0.2) is 38.2 Å². The number of hydrogen-bond donors (Lipinski definition) is 0. The van der Waals surface area contributed by atoms with Crippen LogP contribution in [-0.2, 0) is 4.74 Å². The Morgan fingerprint density at radius 2 is 1.87 bits per heavy atom. The molecule has 0 N–H and O–H groups in total. The van der Waals surface area contributed by atoms with Gasteiger partial charge in [-0.2, -0.15) is 0 Å². The summed E-state index contributed by atoms with van der Waals surface area (Å²) in [6, 6.07) is 10.1. The van der Waals surface area contributed by atoms with Crippen LogP contribution in [0.3, 0.4) is 0 Å². The van der Waals surface area contributed by atoms with Crippen molar-refractivity contribution < 1.29 is 18.7 Å². The van der Waals surface area contributed by atoms with Gasteiger partial charge >= 0.3 is 0 Å². The Morgan fingerprint density at radius 1 is 1.13 bits per heavy atom. The fraction of sp³-hybridized carbons (Fsp3) is 0.304. The van der Waals surface area contributed by atoms with Crippen LogP contribution in [0.25, 0.3) is 11.0 Å². The van der Waals surface area contributed by atoms with Gasteiger partial charge in [0.15, 0.2) is 5.43 Å². The van der Waals surface area contributed by atoms with E-state index in [4.69, 9.17) is 25.5 Å². The van der Waals surface area contributed by atoms with Gasteiger partial charge in [0, 0.05) is 25.3 Å². The number of methoxy groups -OCH3 is 2. The lowest BCUT2D eigenvalue weighted by atomic mass is 9.98. The molecule has 0 saturated carbocycles. The normalized spacial score (nSPS) is 15.7. The number of ether oxygens (including phenoxy) is 2. The summed E-state index contributed by atoms with van der Waals surface area (Å²) in [6.45, 7) is 2.77. The molecule has 2 aromatic carbocycles. The van der Waals surface area contributed by atoms with Gasteiger partial charge in [0.05, 0.1) is 24.1 Å². The predicted molar refractivity (Wildman–Crippen MR) is 115 cm³/mol. The Balaban J connectivity index is 1.91. The smallest absolute Gasteiger partial charge is 0.290 e. The fourth-order valence-electron chi connectivity index (χ4n) is 3.88. The molecule has 0 saturated heterocycles. The van der Waals surface area contributed by atoms with Gasteiger partial charge in [-0.3, -0.25) is 9.59 Å². The number of amides is 1. The zero-order chi connectivity index (χ0) is 21.4. The zero-order valence-corrected chi connectivity index (χ0v) is 17.8. The average Bonchev–Trinajstić information content (AvgIpc) is 3.02. The Bertz CT molecular complexity index is 1170. The van der Waals surface area contributed by atoms with Gasteiger partial charge in [0.1, 0.15) is 11.3 Å². The highest BCUT2D eigenvalue weighted by atomic mass is 35.5. The summed E-state index contributed by atoms with van der Waals surface area (Å²) >= 11 is 6.25. The molecule has 7 heteroatoms. The first kappa shape index (κ1) is 20.4. The molecule has 0 spiro atoms. The summed E-state index contributed by atoms with van der Waals surface area (Å²) in [4.78, 5) is 28.4. The van der Waals surface area contributed by atoms with Gasteiger partial charge in [-0.1, -0.05) is 23.7 Å². The summed E-state index contributed by atoms with van der Waals surface area (Å²) in [6.07, 6.45) is 0.640. The monoisotopic (exact) mass is 427 g/mol. The molecule has 0 aliphatic carbocycles. The molecule has 4 rings (SSSR count). The highest BCUT2D eigenvalue weighted by Gasteiger charge is 2.42. The molecular formula is C23H22ClNO5. The second-order valence-corrected chi connectivity index (χ2v) is 7.70. The van der Waals surface area contributed by atoms with Crippen LogP contribution < -0.4 is 10.2 Å². The number of rotatable bonds is 6. The summed E-state index contributed by atoms with van der Waals surface area (Å²) in [7, 11) is 3.21. The van der Waals surface area contributed by atoms with Crippen molar-refractivity contribution in [1.82, 2.24) is 4.90 Å². The quantitative estimate of drug-likeness (QED) is 0.547. The fourth-order valence-corrected chi connectivity index (χ4v) is 4.05. The highest BCUT2D eigenvalue weighted by molar-refractivity contribution is 6.32. The second-order valence-electron chi connectivity index (χ2n) is 7.29. The van der Waals surface area contributed by atoms with E-state index < -0.39 is 6.04 Å². The SMILES string of the molecule is COCCCN1C(=O)c2oc3cc(C)c(Cl)cc3c(=O)c2C1c1ccc(OC)cc1. The van der Waals surface area contributed by atoms with Crippen LogP contribution in [0.5, 0.6) is 5.75 Å². The van der Waals surface area contributed by atoms with E-state index >= 15 is 0 Å². The van der Waals surface area contributed by atoms with Crippen molar-refractivity contribution in [1.29, 1.82) is 0 Å². The predicted octanol–water partition coefficient (Wildman–Crippen LogP) is 4.35. The maximum atomic E-state index is 13.5. The van der Waals surface area contributed by atoms with Crippen molar-refractivity contribution in [3.8, 4) is 5.75 Å². The maximum Gasteiger partial charge on any atom is 0.290 e. The molecular weight excluding hydrogens is 406 g/mol. The minimum absolute atomic E-state index is 0.0902. The molecule has 0 radical (unpaired) electrons. The third-order valence-electron chi connectivity index (χ3n) is 5.43. The topological polar surface area (TPSA) is 69.0 Å². The standard InChI is InChI=1S/C23H22ClNO5/c1-13-11-18-16(12-17(13)24)21(26)19-20(14-5-7-15(29-3)8-6-14)25(9-4-10-28-2)23(27)22(19)30-18/h5-8,11-12,20H,4,9-10H2,1-3H3. The Kier molecular flexibility index (Phi) is 5.54. The number of benzene rings is 2. The Hall–Kier alpha value is -2.83. The number of hydrogen-bond acceptors (Lipinski definition) is 5. The van der Waals surface area contributed by atoms with Gasteiger partial charge in [0.25, 0.3) is 5.91 Å². The first-order valence-electron chi connectivity index (χ1n) is 9.67. The molecule has 2 heterocycles. The van der Waals surface area contributed by atoms with E-state index in [1.54, 1.807) is 31.3 Å². The molecule has 156 valence electrons. The molecule has 1 amide bonds. The van der Waals surface area contributed by atoms with Crippen LogP contribution in [0.2, 0.25) is 5.02 Å². The summed E-state index contributed by atoms with van der Waals surface area (Å²) in [5.41, 5.74) is 2.05. The lowest BCUT2D eigenvalue weighted by Gasteiger charge is -2.25. The molecule has 30 heavy (non-hydrogen) atoms. The number of aryl methyl sites for hydroxylation is 1. The van der Waals surface area contributed by atoms with Crippen molar-refractivity contribution in [2.24, 2.45) is 0 Å². The molecule has 1 aliphatic heterocycles. The van der Waals surface area contributed by atoms with E-state index in [1.165, 1.54) is 0 Å².